The van der Waals surface area contributed by atoms with Gasteiger partial charge in [0, 0.05) is 31.6 Å². The van der Waals surface area contributed by atoms with Crippen LogP contribution in [0, 0.1) is 0 Å². The number of nitrogens with one attached hydrogen (secondary N) is 1. The normalized spacial score (nSPS) is 18.0. The number of rotatable bonds is 7. The summed E-state index contributed by atoms with van der Waals surface area (Å²) in [4.78, 5) is 46.7. The topological polar surface area (TPSA) is 91.8 Å². The van der Waals surface area contributed by atoms with E-state index in [1.54, 1.807) is 28.5 Å². The molecule has 2 amide bonds. The number of ketones is 1. The molecule has 1 aromatic carbocycles. The Morgan fingerprint density at radius 3 is 2.88 bits per heavy atom. The zero-order valence-electron chi connectivity index (χ0n) is 17.7. The lowest BCUT2D eigenvalue weighted by Crippen LogP contribution is -2.48. The summed E-state index contributed by atoms with van der Waals surface area (Å²) in [5, 5.41) is 7.01. The smallest absolute Gasteiger partial charge is 0.270 e. The highest BCUT2D eigenvalue weighted by molar-refractivity contribution is 7.14. The van der Waals surface area contributed by atoms with Gasteiger partial charge in [-0.2, -0.15) is 0 Å². The molecule has 1 unspecified atom stereocenters. The van der Waals surface area contributed by atoms with Crippen LogP contribution in [0.3, 0.4) is 0 Å². The van der Waals surface area contributed by atoms with Crippen molar-refractivity contribution in [3.8, 4) is 5.75 Å². The summed E-state index contributed by atoms with van der Waals surface area (Å²) in [7, 11) is 0. The average molecular weight is 483 g/mol. The van der Waals surface area contributed by atoms with Gasteiger partial charge >= 0.3 is 0 Å². The van der Waals surface area contributed by atoms with Gasteiger partial charge in [-0.25, -0.2) is 4.98 Å². The zero-order chi connectivity index (χ0) is 22.8. The van der Waals surface area contributed by atoms with Gasteiger partial charge < -0.3 is 10.1 Å². The van der Waals surface area contributed by atoms with E-state index in [0.29, 0.717) is 59.6 Å². The molecule has 1 fully saturated rings. The summed E-state index contributed by atoms with van der Waals surface area (Å²) in [6.07, 6.45) is -0.0955. The molecule has 4 heterocycles. The summed E-state index contributed by atoms with van der Waals surface area (Å²) in [5.41, 5.74) is 1.06. The first-order chi connectivity index (χ1) is 16.1. The minimum absolute atomic E-state index is 0.0274. The summed E-state index contributed by atoms with van der Waals surface area (Å²) >= 11 is 2.71. The van der Waals surface area contributed by atoms with Crippen molar-refractivity contribution >= 4 is 45.4 Å². The molecule has 0 saturated carbocycles. The molecule has 2 aliphatic heterocycles. The second-order valence-electron chi connectivity index (χ2n) is 7.83. The van der Waals surface area contributed by atoms with E-state index >= 15 is 0 Å². The number of ether oxygens (including phenoxy) is 1. The maximum absolute atomic E-state index is 13.2. The molecule has 0 bridgehead atoms. The number of hydrogen-bond acceptors (Lipinski definition) is 8. The van der Waals surface area contributed by atoms with Crippen molar-refractivity contribution in [2.75, 3.05) is 37.6 Å². The van der Waals surface area contributed by atoms with Crippen LogP contribution in [-0.2, 0) is 4.79 Å². The van der Waals surface area contributed by atoms with Crippen molar-refractivity contribution in [2.24, 2.45) is 0 Å². The number of carbonyl (C=O) groups excluding carboxylic acids is 3. The first-order valence-electron chi connectivity index (χ1n) is 10.7. The Bertz CT molecular complexity index is 1180. The van der Waals surface area contributed by atoms with E-state index in [1.165, 1.54) is 22.7 Å². The second kappa shape index (κ2) is 9.42. The molecule has 0 aliphatic carbocycles. The average Bonchev–Trinajstić information content (AvgIpc) is 3.57. The molecule has 1 atom stereocenters. The van der Waals surface area contributed by atoms with Gasteiger partial charge in [-0.1, -0.05) is 18.2 Å². The fourth-order valence-corrected chi connectivity index (χ4v) is 5.50. The van der Waals surface area contributed by atoms with Gasteiger partial charge in [-0.15, -0.1) is 22.7 Å². The molecule has 0 radical (unpaired) electrons. The minimum atomic E-state index is -0.794. The summed E-state index contributed by atoms with van der Waals surface area (Å²) in [5.74, 6) is 0.338. The second-order valence-corrected chi connectivity index (χ2v) is 9.61. The maximum Gasteiger partial charge on any atom is 0.270 e. The molecule has 5 rings (SSSR count). The first kappa shape index (κ1) is 21.7. The van der Waals surface area contributed by atoms with Crippen LogP contribution in [-0.4, -0.2) is 60.2 Å². The van der Waals surface area contributed by atoms with Crippen LogP contribution in [0.25, 0.3) is 0 Å². The van der Waals surface area contributed by atoms with Crippen molar-refractivity contribution in [2.45, 2.75) is 12.5 Å². The lowest BCUT2D eigenvalue weighted by atomic mass is 10.1. The van der Waals surface area contributed by atoms with Gasteiger partial charge in [0.15, 0.2) is 5.13 Å². The van der Waals surface area contributed by atoms with Crippen LogP contribution in [0.5, 0.6) is 5.75 Å². The van der Waals surface area contributed by atoms with Crippen molar-refractivity contribution in [3.05, 3.63) is 63.3 Å². The zero-order valence-corrected chi connectivity index (χ0v) is 19.4. The van der Waals surface area contributed by atoms with E-state index in [0.717, 1.165) is 6.54 Å². The number of benzene rings is 1. The number of piperazine rings is 1. The molecule has 3 aromatic rings. The number of aromatic nitrogens is 1. The highest BCUT2D eigenvalue weighted by Crippen LogP contribution is 2.38. The van der Waals surface area contributed by atoms with E-state index in [-0.39, 0.29) is 17.6 Å². The molecule has 8 nitrogen and oxygen atoms in total. The van der Waals surface area contributed by atoms with E-state index in [9.17, 15) is 14.4 Å². The van der Waals surface area contributed by atoms with E-state index in [4.69, 9.17) is 4.74 Å². The highest BCUT2D eigenvalue weighted by Gasteiger charge is 2.35. The number of anilines is 1. The predicted molar refractivity (Wildman–Crippen MR) is 126 cm³/mol. The minimum Gasteiger partial charge on any atom is -0.475 e. The van der Waals surface area contributed by atoms with Gasteiger partial charge in [-0.3, -0.25) is 24.2 Å². The monoisotopic (exact) mass is 482 g/mol. The highest BCUT2D eigenvalue weighted by atomic mass is 32.1. The maximum atomic E-state index is 13.2. The number of fused-ring (bicyclic) bond motifs is 1. The van der Waals surface area contributed by atoms with Crippen LogP contribution in [0.2, 0.25) is 0 Å². The van der Waals surface area contributed by atoms with Gasteiger partial charge in [0.1, 0.15) is 11.4 Å². The Hall–Kier alpha value is -3.08. The van der Waals surface area contributed by atoms with Crippen LogP contribution in [0.4, 0.5) is 5.13 Å². The van der Waals surface area contributed by atoms with Crippen molar-refractivity contribution < 1.29 is 19.1 Å². The summed E-state index contributed by atoms with van der Waals surface area (Å²) < 4.78 is 5.85. The van der Waals surface area contributed by atoms with Gasteiger partial charge in [0.25, 0.3) is 5.91 Å². The Kier molecular flexibility index (Phi) is 6.21. The number of amides is 2. The molecule has 170 valence electrons. The lowest BCUT2D eigenvalue weighted by molar-refractivity contribution is -0.124. The van der Waals surface area contributed by atoms with Gasteiger partial charge in [0.05, 0.1) is 17.0 Å². The Morgan fingerprint density at radius 1 is 1.21 bits per heavy atom. The molecular weight excluding hydrogens is 460 g/mol. The molecule has 2 aliphatic rings. The first-order valence-corrected chi connectivity index (χ1v) is 12.5. The number of nitrogens with zero attached hydrogens (tertiary/aromatic N) is 3. The quantitative estimate of drug-likeness (QED) is 0.557. The molecule has 2 aromatic heterocycles. The third-order valence-electron chi connectivity index (χ3n) is 5.60. The molecule has 1 N–H and O–H groups in total. The van der Waals surface area contributed by atoms with E-state index in [1.807, 2.05) is 23.6 Å². The summed E-state index contributed by atoms with van der Waals surface area (Å²) in [6, 6.07) is 10.8. The number of hydrogen-bond donors (Lipinski definition) is 1. The molecular formula is C23H22N4O4S2. The largest absolute Gasteiger partial charge is 0.475 e. The van der Waals surface area contributed by atoms with E-state index < -0.39 is 6.10 Å². The Labute approximate surface area is 198 Å². The number of thiophene rings is 1. The van der Waals surface area contributed by atoms with Gasteiger partial charge in [0.2, 0.25) is 17.8 Å². The molecule has 1 saturated heterocycles. The molecule has 0 spiro atoms. The van der Waals surface area contributed by atoms with Crippen LogP contribution >= 0.6 is 22.7 Å². The van der Waals surface area contributed by atoms with Crippen molar-refractivity contribution in [1.82, 2.24) is 15.2 Å². The standard InChI is InChI=1S/C23H22N4O4S2/c28-19-13-26(11-8-24-19)9-4-10-27(22(30)18-7-3-12-32-18)23-25-16(14-33-23)21-20(29)15-5-1-2-6-17(15)31-21/h1-3,5-7,12,14,21H,4,8-11,13H2,(H,24,28). The Morgan fingerprint density at radius 2 is 2.09 bits per heavy atom. The number of para-hydroxylation sites is 1. The number of Topliss-reactive ketones (excluding diaryl/α,β-unsaturated/α-hetero) is 1. The van der Waals surface area contributed by atoms with Crippen molar-refractivity contribution in [1.29, 1.82) is 0 Å². The van der Waals surface area contributed by atoms with Crippen molar-refractivity contribution in [3.63, 3.8) is 0 Å². The number of carbonyl (C=O) groups is 3. The lowest BCUT2D eigenvalue weighted by Gasteiger charge is -2.27. The number of thiazole rings is 1. The predicted octanol–water partition coefficient (Wildman–Crippen LogP) is 2.99. The fourth-order valence-electron chi connectivity index (χ4n) is 3.96. The van der Waals surface area contributed by atoms with Gasteiger partial charge in [-0.05, 0) is 30.0 Å². The fraction of sp³-hybridized carbons (Fsp3) is 0.304. The third-order valence-corrected chi connectivity index (χ3v) is 7.34. The third kappa shape index (κ3) is 4.54. The summed E-state index contributed by atoms with van der Waals surface area (Å²) in [6.45, 7) is 2.99. The van der Waals surface area contributed by atoms with Crippen LogP contribution in [0.1, 0.15) is 38.2 Å². The SMILES string of the molecule is O=C1CN(CCCN(C(=O)c2cccs2)c2nc(C3Oc4ccccc4C3=O)cs2)CCN1. The van der Waals surface area contributed by atoms with E-state index in [2.05, 4.69) is 15.2 Å². The Balaban J connectivity index is 1.32. The van der Waals surface area contributed by atoms with Crippen LogP contribution < -0.4 is 15.0 Å². The molecule has 10 heteroatoms. The molecule has 33 heavy (non-hydrogen) atoms. The van der Waals surface area contributed by atoms with Crippen LogP contribution in [0.15, 0.2) is 47.2 Å².